The van der Waals surface area contributed by atoms with Crippen LogP contribution in [0.15, 0.2) is 12.2 Å². The quantitative estimate of drug-likeness (QED) is 0.119. The molecule has 0 aromatic rings. The summed E-state index contributed by atoms with van der Waals surface area (Å²) in [6.45, 7) is 10.3. The van der Waals surface area contributed by atoms with Gasteiger partial charge in [-0.2, -0.15) is 0 Å². The first-order valence-corrected chi connectivity index (χ1v) is 10.7. The minimum absolute atomic E-state index is 0. The molecule has 0 amide bonds. The Balaban J connectivity index is 0. The van der Waals surface area contributed by atoms with Crippen LogP contribution in [-0.2, 0) is 9.53 Å². The minimum Gasteiger partial charge on any atom is -0.444 e. The topological polar surface area (TPSA) is 38.3 Å². The third-order valence-electron chi connectivity index (χ3n) is 4.59. The van der Waals surface area contributed by atoms with Gasteiger partial charge in [0.25, 0.3) is 0 Å². The van der Waals surface area contributed by atoms with Crippen LogP contribution in [0, 0.1) is 0 Å². The number of nitrogens with one attached hydrogen (secondary N) is 1. The number of halogens is 1. The van der Waals surface area contributed by atoms with Crippen LogP contribution >= 0.6 is 12.4 Å². The van der Waals surface area contributed by atoms with E-state index in [-0.39, 0.29) is 24.6 Å². The van der Waals surface area contributed by atoms with Crippen molar-refractivity contribution in [2.24, 2.45) is 0 Å². The standard InChI is InChI=1S/C22H43NO2.ClH/c1-5-6-7-8-9-10-11-12-13-14-15-16-17-18-19-23-21(4)25-22(24)20(2)3;/h21,23H,2,5-19H2,1,3-4H3;1H. The van der Waals surface area contributed by atoms with Crippen LogP contribution in [-0.4, -0.2) is 18.7 Å². The number of carbonyl (C=O) groups excluding carboxylic acids is 1. The van der Waals surface area contributed by atoms with Gasteiger partial charge in [0.2, 0.25) is 0 Å². The average Bonchev–Trinajstić information content (AvgIpc) is 2.58. The summed E-state index contributed by atoms with van der Waals surface area (Å²) in [6, 6.07) is 0. The fourth-order valence-electron chi connectivity index (χ4n) is 2.93. The molecule has 0 aromatic carbocycles. The summed E-state index contributed by atoms with van der Waals surface area (Å²) < 4.78 is 5.18. The number of ether oxygens (including phenoxy) is 1. The zero-order valence-electron chi connectivity index (χ0n) is 17.6. The SMILES string of the molecule is C=C(C)C(=O)OC(C)NCCCCCCCCCCCCCCCC.Cl. The molecule has 1 unspecified atom stereocenters. The van der Waals surface area contributed by atoms with Crippen LogP contribution in [0.1, 0.15) is 111 Å². The Bertz CT molecular complexity index is 334. The highest BCUT2D eigenvalue weighted by atomic mass is 35.5. The van der Waals surface area contributed by atoms with Gasteiger partial charge in [0.15, 0.2) is 6.23 Å². The summed E-state index contributed by atoms with van der Waals surface area (Å²) in [5.41, 5.74) is 0.449. The second-order valence-corrected chi connectivity index (χ2v) is 7.38. The first-order chi connectivity index (χ1) is 12.1. The molecular weight excluding hydrogens is 346 g/mol. The highest BCUT2D eigenvalue weighted by Gasteiger charge is 2.08. The van der Waals surface area contributed by atoms with Gasteiger partial charge in [-0.05, 0) is 26.8 Å². The lowest BCUT2D eigenvalue weighted by Gasteiger charge is -2.14. The van der Waals surface area contributed by atoms with Crippen LogP contribution in [0.2, 0.25) is 0 Å². The highest BCUT2D eigenvalue weighted by molar-refractivity contribution is 5.87. The molecule has 0 fully saturated rings. The van der Waals surface area contributed by atoms with E-state index in [1.807, 2.05) is 6.92 Å². The van der Waals surface area contributed by atoms with Crippen LogP contribution in [0.4, 0.5) is 0 Å². The van der Waals surface area contributed by atoms with Gasteiger partial charge in [-0.3, -0.25) is 5.32 Å². The van der Waals surface area contributed by atoms with Gasteiger partial charge in [-0.1, -0.05) is 97.0 Å². The molecule has 4 heteroatoms. The molecule has 0 rings (SSSR count). The van der Waals surface area contributed by atoms with E-state index in [1.54, 1.807) is 6.92 Å². The van der Waals surface area contributed by atoms with Crippen molar-refractivity contribution in [3.05, 3.63) is 12.2 Å². The largest absolute Gasteiger partial charge is 0.444 e. The fraction of sp³-hybridized carbons (Fsp3) is 0.864. The lowest BCUT2D eigenvalue weighted by atomic mass is 10.0. The Morgan fingerprint density at radius 1 is 0.846 bits per heavy atom. The van der Waals surface area contributed by atoms with E-state index in [2.05, 4.69) is 18.8 Å². The molecule has 1 atom stereocenters. The summed E-state index contributed by atoms with van der Waals surface area (Å²) in [4.78, 5) is 11.4. The molecule has 0 aromatic heterocycles. The molecule has 26 heavy (non-hydrogen) atoms. The van der Waals surface area contributed by atoms with Crippen molar-refractivity contribution in [2.75, 3.05) is 6.54 Å². The molecular formula is C22H44ClNO2. The lowest BCUT2D eigenvalue weighted by Crippen LogP contribution is -2.31. The van der Waals surface area contributed by atoms with Crippen molar-refractivity contribution in [3.8, 4) is 0 Å². The predicted molar refractivity (Wildman–Crippen MR) is 116 cm³/mol. The normalized spacial score (nSPS) is 11.7. The van der Waals surface area contributed by atoms with E-state index in [4.69, 9.17) is 4.74 Å². The van der Waals surface area contributed by atoms with E-state index in [0.29, 0.717) is 5.57 Å². The van der Waals surface area contributed by atoms with E-state index < -0.39 is 0 Å². The van der Waals surface area contributed by atoms with Gasteiger partial charge in [-0.25, -0.2) is 4.79 Å². The van der Waals surface area contributed by atoms with Gasteiger partial charge >= 0.3 is 5.97 Å². The lowest BCUT2D eigenvalue weighted by molar-refractivity contribution is -0.144. The number of carbonyl (C=O) groups is 1. The van der Waals surface area contributed by atoms with Gasteiger partial charge in [0.05, 0.1) is 0 Å². The molecule has 0 saturated carbocycles. The van der Waals surface area contributed by atoms with Crippen LogP contribution in [0.25, 0.3) is 0 Å². The molecule has 0 aliphatic rings. The van der Waals surface area contributed by atoms with Gasteiger partial charge < -0.3 is 4.74 Å². The summed E-state index contributed by atoms with van der Waals surface area (Å²) in [5, 5.41) is 3.23. The average molecular weight is 390 g/mol. The minimum atomic E-state index is -0.319. The zero-order chi connectivity index (χ0) is 18.8. The molecule has 0 spiro atoms. The summed E-state index contributed by atoms with van der Waals surface area (Å²) in [5.74, 6) is -0.319. The molecule has 0 saturated heterocycles. The maximum atomic E-state index is 11.4. The Morgan fingerprint density at radius 3 is 1.62 bits per heavy atom. The maximum absolute atomic E-state index is 11.4. The van der Waals surface area contributed by atoms with Crippen molar-refractivity contribution < 1.29 is 9.53 Å². The maximum Gasteiger partial charge on any atom is 0.334 e. The Labute approximate surface area is 169 Å². The zero-order valence-corrected chi connectivity index (χ0v) is 18.4. The summed E-state index contributed by atoms with van der Waals surface area (Å²) >= 11 is 0. The number of rotatable bonds is 18. The van der Waals surface area contributed by atoms with E-state index in [0.717, 1.165) is 13.0 Å². The smallest absolute Gasteiger partial charge is 0.334 e. The van der Waals surface area contributed by atoms with Crippen LogP contribution in [0.5, 0.6) is 0 Å². The second-order valence-electron chi connectivity index (χ2n) is 7.38. The summed E-state index contributed by atoms with van der Waals surface area (Å²) in [7, 11) is 0. The number of hydrogen-bond donors (Lipinski definition) is 1. The third kappa shape index (κ3) is 19.8. The van der Waals surface area contributed by atoms with Crippen LogP contribution in [0.3, 0.4) is 0 Å². The first kappa shape index (κ1) is 27.7. The van der Waals surface area contributed by atoms with E-state index in [1.165, 1.54) is 83.5 Å². The van der Waals surface area contributed by atoms with Crippen molar-refractivity contribution in [2.45, 2.75) is 117 Å². The van der Waals surface area contributed by atoms with Crippen molar-refractivity contribution >= 4 is 18.4 Å². The number of esters is 1. The molecule has 0 aliphatic heterocycles. The van der Waals surface area contributed by atoms with Gasteiger partial charge in [-0.15, -0.1) is 12.4 Å². The number of unbranched alkanes of at least 4 members (excludes halogenated alkanes) is 13. The van der Waals surface area contributed by atoms with Crippen LogP contribution < -0.4 is 5.32 Å². The fourth-order valence-corrected chi connectivity index (χ4v) is 2.93. The molecule has 0 heterocycles. The number of hydrogen-bond acceptors (Lipinski definition) is 3. The Morgan fingerprint density at radius 2 is 1.23 bits per heavy atom. The van der Waals surface area contributed by atoms with E-state index in [9.17, 15) is 4.79 Å². The highest BCUT2D eigenvalue weighted by Crippen LogP contribution is 2.12. The van der Waals surface area contributed by atoms with Crippen molar-refractivity contribution in [1.29, 1.82) is 0 Å². The summed E-state index contributed by atoms with van der Waals surface area (Å²) in [6.07, 6.45) is 19.0. The monoisotopic (exact) mass is 389 g/mol. The van der Waals surface area contributed by atoms with Crippen molar-refractivity contribution in [1.82, 2.24) is 5.32 Å². The van der Waals surface area contributed by atoms with Gasteiger partial charge in [0, 0.05) is 5.57 Å². The third-order valence-corrected chi connectivity index (χ3v) is 4.59. The molecule has 156 valence electrons. The van der Waals surface area contributed by atoms with Gasteiger partial charge in [0.1, 0.15) is 0 Å². The second kappa shape index (κ2) is 20.8. The molecule has 1 N–H and O–H groups in total. The predicted octanol–water partition coefficient (Wildman–Crippen LogP) is 6.94. The van der Waals surface area contributed by atoms with E-state index >= 15 is 0 Å². The first-order valence-electron chi connectivity index (χ1n) is 10.7. The molecule has 0 radical (unpaired) electrons. The van der Waals surface area contributed by atoms with Crippen molar-refractivity contribution in [3.63, 3.8) is 0 Å². The Hall–Kier alpha value is -0.540. The molecule has 3 nitrogen and oxygen atoms in total. The Kier molecular flexibility index (Phi) is 22.1. The molecule has 0 aliphatic carbocycles. The molecule has 0 bridgehead atoms.